The zero-order chi connectivity index (χ0) is 10.8. The van der Waals surface area contributed by atoms with E-state index in [-0.39, 0.29) is 18.5 Å². The van der Waals surface area contributed by atoms with Gasteiger partial charge in [-0.05, 0) is 25.3 Å². The molecule has 3 N–H and O–H groups in total. The van der Waals surface area contributed by atoms with Gasteiger partial charge in [0.1, 0.15) is 0 Å². The number of nitrogens with zero attached hydrogens (tertiary/aromatic N) is 2. The molecule has 1 aliphatic rings. The van der Waals surface area contributed by atoms with Crippen molar-refractivity contribution < 1.29 is 9.90 Å². The molecular weight excluding hydrogens is 194 g/mol. The fraction of sp³-hybridized carbons (Fsp3) is 0.600. The van der Waals surface area contributed by atoms with E-state index in [0.29, 0.717) is 0 Å². The molecule has 1 fully saturated rings. The van der Waals surface area contributed by atoms with Crippen LogP contribution in [0.3, 0.4) is 0 Å². The molecule has 1 aliphatic carbocycles. The molecule has 15 heavy (non-hydrogen) atoms. The zero-order valence-corrected chi connectivity index (χ0v) is 8.47. The second-order valence-corrected chi connectivity index (χ2v) is 4.06. The summed E-state index contributed by atoms with van der Waals surface area (Å²) in [5.74, 6) is -0.820. The quantitative estimate of drug-likeness (QED) is 0.762. The first-order valence-corrected chi connectivity index (χ1v) is 5.16. The molecule has 1 aromatic rings. The van der Waals surface area contributed by atoms with Crippen LogP contribution >= 0.6 is 0 Å². The van der Waals surface area contributed by atoms with Crippen molar-refractivity contribution in [1.82, 2.24) is 9.78 Å². The van der Waals surface area contributed by atoms with Crippen LogP contribution in [0.5, 0.6) is 0 Å². The number of aromatic nitrogens is 2. The van der Waals surface area contributed by atoms with Crippen LogP contribution < -0.4 is 5.73 Å². The highest BCUT2D eigenvalue weighted by Crippen LogP contribution is 2.29. The minimum Gasteiger partial charge on any atom is -0.481 e. The van der Waals surface area contributed by atoms with E-state index in [9.17, 15) is 4.79 Å². The average Bonchev–Trinajstić information content (AvgIpc) is 2.72. The summed E-state index contributed by atoms with van der Waals surface area (Å²) in [7, 11) is 0. The Kier molecular flexibility index (Phi) is 2.73. The highest BCUT2D eigenvalue weighted by atomic mass is 16.4. The predicted octanol–water partition coefficient (Wildman–Crippen LogP) is 0.562. The normalized spacial score (nSPS) is 25.7. The maximum atomic E-state index is 10.6. The Balaban J connectivity index is 2.14. The van der Waals surface area contributed by atoms with E-state index in [1.54, 1.807) is 12.3 Å². The summed E-state index contributed by atoms with van der Waals surface area (Å²) in [6, 6.07) is 2.28. The summed E-state index contributed by atoms with van der Waals surface area (Å²) in [5, 5.41) is 12.9. The highest BCUT2D eigenvalue weighted by molar-refractivity contribution is 5.69. The van der Waals surface area contributed by atoms with E-state index >= 15 is 0 Å². The van der Waals surface area contributed by atoms with Crippen molar-refractivity contribution in [2.75, 3.05) is 0 Å². The van der Waals surface area contributed by atoms with E-state index in [4.69, 9.17) is 10.8 Å². The monoisotopic (exact) mass is 209 g/mol. The predicted molar refractivity (Wildman–Crippen MR) is 54.4 cm³/mol. The zero-order valence-electron chi connectivity index (χ0n) is 8.47. The van der Waals surface area contributed by atoms with Gasteiger partial charge in [-0.15, -0.1) is 0 Å². The van der Waals surface area contributed by atoms with Crippen LogP contribution in [-0.4, -0.2) is 26.9 Å². The topological polar surface area (TPSA) is 81.1 Å². The second-order valence-electron chi connectivity index (χ2n) is 4.06. The minimum atomic E-state index is -0.820. The molecule has 0 spiro atoms. The van der Waals surface area contributed by atoms with Crippen LogP contribution in [0.25, 0.3) is 0 Å². The lowest BCUT2D eigenvalue weighted by molar-refractivity contribution is -0.136. The number of carboxylic acid groups (broad SMARTS) is 1. The average molecular weight is 209 g/mol. The summed E-state index contributed by atoms with van der Waals surface area (Å²) < 4.78 is 1.82. The molecule has 0 radical (unpaired) electrons. The maximum absolute atomic E-state index is 10.6. The molecule has 0 amide bonds. The third-order valence-corrected chi connectivity index (χ3v) is 2.88. The molecule has 1 heterocycles. The van der Waals surface area contributed by atoms with Crippen LogP contribution in [0.1, 0.15) is 31.0 Å². The molecule has 1 saturated carbocycles. The summed E-state index contributed by atoms with van der Waals surface area (Å²) in [6.07, 6.45) is 4.58. The van der Waals surface area contributed by atoms with Crippen molar-refractivity contribution >= 4 is 5.97 Å². The lowest BCUT2D eigenvalue weighted by Crippen LogP contribution is -2.18. The molecule has 0 aliphatic heterocycles. The molecule has 2 atom stereocenters. The fourth-order valence-corrected chi connectivity index (χ4v) is 2.18. The van der Waals surface area contributed by atoms with Crippen LogP contribution in [0.4, 0.5) is 0 Å². The molecule has 82 valence electrons. The van der Waals surface area contributed by atoms with Gasteiger partial charge in [0.25, 0.3) is 0 Å². The Hall–Kier alpha value is -1.36. The first-order valence-electron chi connectivity index (χ1n) is 5.16. The van der Waals surface area contributed by atoms with Crippen LogP contribution in [0, 0.1) is 0 Å². The summed E-state index contributed by atoms with van der Waals surface area (Å²) in [6.45, 7) is 0. The van der Waals surface area contributed by atoms with Gasteiger partial charge in [0.05, 0.1) is 12.5 Å². The van der Waals surface area contributed by atoms with Gasteiger partial charge < -0.3 is 10.8 Å². The third-order valence-electron chi connectivity index (χ3n) is 2.88. The van der Waals surface area contributed by atoms with Gasteiger partial charge in [-0.25, -0.2) is 0 Å². The SMILES string of the molecule is NC1CCC(n2nccc2CC(=O)O)C1. The molecule has 2 unspecified atom stereocenters. The maximum Gasteiger partial charge on any atom is 0.309 e. The number of aliphatic carboxylic acids is 1. The van der Waals surface area contributed by atoms with Gasteiger partial charge >= 0.3 is 5.97 Å². The molecule has 5 nitrogen and oxygen atoms in total. The van der Waals surface area contributed by atoms with E-state index in [2.05, 4.69) is 5.10 Å². The van der Waals surface area contributed by atoms with Crippen molar-refractivity contribution in [2.24, 2.45) is 5.73 Å². The van der Waals surface area contributed by atoms with Crippen molar-refractivity contribution in [3.63, 3.8) is 0 Å². The summed E-state index contributed by atoms with van der Waals surface area (Å²) >= 11 is 0. The van der Waals surface area contributed by atoms with Gasteiger partial charge in [0.15, 0.2) is 0 Å². The second kappa shape index (κ2) is 4.02. The largest absolute Gasteiger partial charge is 0.481 e. The third kappa shape index (κ3) is 2.18. The van der Waals surface area contributed by atoms with Crippen LogP contribution in [-0.2, 0) is 11.2 Å². The molecule has 2 rings (SSSR count). The molecule has 0 bridgehead atoms. The van der Waals surface area contributed by atoms with E-state index in [1.807, 2.05) is 4.68 Å². The van der Waals surface area contributed by atoms with E-state index in [1.165, 1.54) is 0 Å². The van der Waals surface area contributed by atoms with Crippen LogP contribution in [0.2, 0.25) is 0 Å². The Morgan fingerprint density at radius 1 is 1.67 bits per heavy atom. The Morgan fingerprint density at radius 3 is 3.07 bits per heavy atom. The van der Waals surface area contributed by atoms with Gasteiger partial charge in [-0.2, -0.15) is 5.10 Å². The minimum absolute atomic E-state index is 0.0335. The Labute approximate surface area is 87.9 Å². The fourth-order valence-electron chi connectivity index (χ4n) is 2.18. The van der Waals surface area contributed by atoms with Crippen molar-refractivity contribution in [3.05, 3.63) is 18.0 Å². The highest BCUT2D eigenvalue weighted by Gasteiger charge is 2.25. The molecule has 0 saturated heterocycles. The number of carboxylic acids is 1. The molecule has 5 heteroatoms. The summed E-state index contributed by atoms with van der Waals surface area (Å²) in [4.78, 5) is 10.6. The van der Waals surface area contributed by atoms with Crippen molar-refractivity contribution in [2.45, 2.75) is 37.8 Å². The van der Waals surface area contributed by atoms with Gasteiger partial charge in [-0.3, -0.25) is 9.48 Å². The van der Waals surface area contributed by atoms with Crippen molar-refractivity contribution in [3.8, 4) is 0 Å². The standard InChI is InChI=1S/C10H15N3O2/c11-7-1-2-8(5-7)13-9(3-4-12-13)6-10(14)15/h3-4,7-8H,1-2,5-6,11H2,(H,14,15). The van der Waals surface area contributed by atoms with E-state index in [0.717, 1.165) is 25.0 Å². The number of rotatable bonds is 3. The van der Waals surface area contributed by atoms with Gasteiger partial charge in [-0.1, -0.05) is 0 Å². The Bertz CT molecular complexity index is 361. The Morgan fingerprint density at radius 2 is 2.47 bits per heavy atom. The van der Waals surface area contributed by atoms with Crippen molar-refractivity contribution in [1.29, 1.82) is 0 Å². The molecule has 0 aromatic carbocycles. The first-order chi connectivity index (χ1) is 7.16. The van der Waals surface area contributed by atoms with E-state index < -0.39 is 5.97 Å². The lowest BCUT2D eigenvalue weighted by atomic mass is 10.2. The molecular formula is C10H15N3O2. The smallest absolute Gasteiger partial charge is 0.309 e. The molecule has 1 aromatic heterocycles. The number of hydrogen-bond acceptors (Lipinski definition) is 3. The summed E-state index contributed by atoms with van der Waals surface area (Å²) in [5.41, 5.74) is 6.59. The lowest BCUT2D eigenvalue weighted by Gasteiger charge is -2.13. The van der Waals surface area contributed by atoms with Gasteiger partial charge in [0, 0.05) is 17.9 Å². The number of nitrogens with two attached hydrogens (primary N) is 1. The first kappa shape index (κ1) is 10.2. The number of hydrogen-bond donors (Lipinski definition) is 2. The van der Waals surface area contributed by atoms with Gasteiger partial charge in [0.2, 0.25) is 0 Å². The van der Waals surface area contributed by atoms with Crippen LogP contribution in [0.15, 0.2) is 12.3 Å². The number of carbonyl (C=O) groups is 1.